The van der Waals surface area contributed by atoms with E-state index in [0.717, 1.165) is 10.0 Å². The molecule has 0 spiro atoms. The van der Waals surface area contributed by atoms with Crippen molar-refractivity contribution in [2.24, 2.45) is 5.92 Å². The summed E-state index contributed by atoms with van der Waals surface area (Å²) in [6.07, 6.45) is 0.618. The Morgan fingerprint density at radius 1 is 1.29 bits per heavy atom. The van der Waals surface area contributed by atoms with E-state index in [1.807, 2.05) is 45.0 Å². The van der Waals surface area contributed by atoms with E-state index < -0.39 is 6.04 Å². The predicted molar refractivity (Wildman–Crippen MR) is 85.5 cm³/mol. The third kappa shape index (κ3) is 3.28. The van der Waals surface area contributed by atoms with E-state index in [9.17, 15) is 9.59 Å². The molecule has 0 bridgehead atoms. The molecule has 114 valence electrons. The average molecular weight is 353 g/mol. The molecule has 0 aromatic heterocycles. The van der Waals surface area contributed by atoms with E-state index in [1.54, 1.807) is 4.90 Å². The van der Waals surface area contributed by atoms with E-state index in [-0.39, 0.29) is 23.8 Å². The standard InChI is InChI=1S/C16H21BrN2O2/c1-4-13-15(20)18-14(10(2)3)16(21)19(13)9-11-7-5-6-8-12(11)17/h5-8,10,13-14H,4,9H2,1-3H3,(H,18,20). The second-order valence-electron chi connectivity index (χ2n) is 5.71. The summed E-state index contributed by atoms with van der Waals surface area (Å²) in [5, 5.41) is 2.86. The second kappa shape index (κ2) is 6.60. The summed E-state index contributed by atoms with van der Waals surface area (Å²) in [4.78, 5) is 26.7. The maximum atomic E-state index is 12.7. The Morgan fingerprint density at radius 2 is 1.95 bits per heavy atom. The van der Waals surface area contributed by atoms with Crippen LogP contribution < -0.4 is 5.32 Å². The zero-order chi connectivity index (χ0) is 15.6. The van der Waals surface area contributed by atoms with Crippen molar-refractivity contribution in [1.82, 2.24) is 10.2 Å². The second-order valence-corrected chi connectivity index (χ2v) is 6.57. The smallest absolute Gasteiger partial charge is 0.246 e. The number of nitrogens with zero attached hydrogens (tertiary/aromatic N) is 1. The number of benzene rings is 1. The van der Waals surface area contributed by atoms with Crippen LogP contribution in [0.4, 0.5) is 0 Å². The lowest BCUT2D eigenvalue weighted by atomic mass is 9.96. The molecule has 2 amide bonds. The summed E-state index contributed by atoms with van der Waals surface area (Å²) in [5.74, 6) is 0.0380. The molecule has 0 saturated carbocycles. The molecule has 0 aliphatic carbocycles. The number of carbonyl (C=O) groups is 2. The van der Waals surface area contributed by atoms with Crippen LogP contribution in [0.25, 0.3) is 0 Å². The molecule has 1 N–H and O–H groups in total. The van der Waals surface area contributed by atoms with E-state index in [2.05, 4.69) is 21.2 Å². The van der Waals surface area contributed by atoms with Gasteiger partial charge in [0.1, 0.15) is 12.1 Å². The van der Waals surface area contributed by atoms with Crippen LogP contribution in [0.1, 0.15) is 32.8 Å². The highest BCUT2D eigenvalue weighted by molar-refractivity contribution is 9.10. The van der Waals surface area contributed by atoms with Gasteiger partial charge in [0.25, 0.3) is 0 Å². The molecule has 21 heavy (non-hydrogen) atoms. The first-order valence-corrected chi connectivity index (χ1v) is 8.09. The Kier molecular flexibility index (Phi) is 5.04. The van der Waals surface area contributed by atoms with Crippen LogP contribution >= 0.6 is 15.9 Å². The highest BCUT2D eigenvalue weighted by Gasteiger charge is 2.40. The first-order valence-electron chi connectivity index (χ1n) is 7.30. The number of rotatable bonds is 4. The summed E-state index contributed by atoms with van der Waals surface area (Å²) >= 11 is 3.51. The van der Waals surface area contributed by atoms with Gasteiger partial charge < -0.3 is 10.2 Å². The molecule has 2 atom stereocenters. The monoisotopic (exact) mass is 352 g/mol. The normalized spacial score (nSPS) is 22.6. The molecule has 2 rings (SSSR count). The van der Waals surface area contributed by atoms with E-state index in [4.69, 9.17) is 0 Å². The Labute approximate surface area is 134 Å². The summed E-state index contributed by atoms with van der Waals surface area (Å²) in [6.45, 7) is 6.28. The van der Waals surface area contributed by atoms with Crippen LogP contribution in [0.3, 0.4) is 0 Å². The highest BCUT2D eigenvalue weighted by Crippen LogP contribution is 2.23. The molecular formula is C16H21BrN2O2. The number of amides is 2. The van der Waals surface area contributed by atoms with Gasteiger partial charge in [0.2, 0.25) is 11.8 Å². The zero-order valence-corrected chi connectivity index (χ0v) is 14.2. The zero-order valence-electron chi connectivity index (χ0n) is 12.6. The number of nitrogens with one attached hydrogen (secondary N) is 1. The third-order valence-electron chi connectivity index (χ3n) is 3.88. The van der Waals surface area contributed by atoms with Crippen molar-refractivity contribution in [3.63, 3.8) is 0 Å². The third-order valence-corrected chi connectivity index (χ3v) is 4.65. The minimum atomic E-state index is -0.428. The summed E-state index contributed by atoms with van der Waals surface area (Å²) in [7, 11) is 0. The van der Waals surface area contributed by atoms with Gasteiger partial charge in [0, 0.05) is 11.0 Å². The molecule has 1 heterocycles. The average Bonchev–Trinajstić information content (AvgIpc) is 2.44. The summed E-state index contributed by atoms with van der Waals surface area (Å²) in [6, 6.07) is 6.98. The fraction of sp³-hybridized carbons (Fsp3) is 0.500. The van der Waals surface area contributed by atoms with Gasteiger partial charge in [0.15, 0.2) is 0 Å². The quantitative estimate of drug-likeness (QED) is 0.905. The van der Waals surface area contributed by atoms with Crippen LogP contribution in [0.15, 0.2) is 28.7 Å². The molecule has 1 saturated heterocycles. The topological polar surface area (TPSA) is 49.4 Å². The largest absolute Gasteiger partial charge is 0.342 e. The van der Waals surface area contributed by atoms with Gasteiger partial charge in [-0.25, -0.2) is 0 Å². The van der Waals surface area contributed by atoms with Gasteiger partial charge >= 0.3 is 0 Å². The minimum Gasteiger partial charge on any atom is -0.342 e. The number of carbonyl (C=O) groups excluding carboxylic acids is 2. The Hall–Kier alpha value is -1.36. The molecule has 1 fully saturated rings. The van der Waals surface area contributed by atoms with Crippen molar-refractivity contribution in [1.29, 1.82) is 0 Å². The highest BCUT2D eigenvalue weighted by atomic mass is 79.9. The lowest BCUT2D eigenvalue weighted by Gasteiger charge is -2.40. The van der Waals surface area contributed by atoms with Crippen molar-refractivity contribution in [3.8, 4) is 0 Å². The lowest BCUT2D eigenvalue weighted by molar-refractivity contribution is -0.151. The van der Waals surface area contributed by atoms with Gasteiger partial charge in [0.05, 0.1) is 0 Å². The van der Waals surface area contributed by atoms with Crippen LogP contribution in [0.2, 0.25) is 0 Å². The molecular weight excluding hydrogens is 332 g/mol. The molecule has 0 radical (unpaired) electrons. The number of hydrogen-bond acceptors (Lipinski definition) is 2. The van der Waals surface area contributed by atoms with Crippen molar-refractivity contribution in [3.05, 3.63) is 34.3 Å². The molecule has 1 aromatic rings. The molecule has 1 aliphatic heterocycles. The maximum Gasteiger partial charge on any atom is 0.246 e. The minimum absolute atomic E-state index is 0.00667. The van der Waals surface area contributed by atoms with Crippen molar-refractivity contribution in [2.75, 3.05) is 0 Å². The Balaban J connectivity index is 2.30. The molecule has 1 aromatic carbocycles. The molecule has 1 aliphatic rings. The van der Waals surface area contributed by atoms with Gasteiger partial charge in [-0.2, -0.15) is 0 Å². The van der Waals surface area contributed by atoms with Crippen LogP contribution in [0.5, 0.6) is 0 Å². The first kappa shape index (κ1) is 16.0. The molecule has 4 nitrogen and oxygen atoms in total. The fourth-order valence-electron chi connectivity index (χ4n) is 2.64. The van der Waals surface area contributed by atoms with Crippen molar-refractivity contribution >= 4 is 27.7 Å². The van der Waals surface area contributed by atoms with Gasteiger partial charge in [-0.3, -0.25) is 9.59 Å². The SMILES string of the molecule is CCC1C(=O)NC(C(C)C)C(=O)N1Cc1ccccc1Br. The van der Waals surface area contributed by atoms with Gasteiger partial charge in [-0.1, -0.05) is 54.9 Å². The fourth-order valence-corrected chi connectivity index (χ4v) is 3.05. The lowest BCUT2D eigenvalue weighted by Crippen LogP contribution is -2.64. The number of hydrogen-bond donors (Lipinski definition) is 1. The van der Waals surface area contributed by atoms with Crippen molar-refractivity contribution in [2.45, 2.75) is 45.8 Å². The predicted octanol–water partition coefficient (Wildman–Crippen LogP) is 2.71. The van der Waals surface area contributed by atoms with Gasteiger partial charge in [-0.15, -0.1) is 0 Å². The Bertz CT molecular complexity index is 545. The summed E-state index contributed by atoms with van der Waals surface area (Å²) in [5.41, 5.74) is 1.02. The van der Waals surface area contributed by atoms with E-state index >= 15 is 0 Å². The van der Waals surface area contributed by atoms with Crippen LogP contribution in [-0.4, -0.2) is 28.8 Å². The van der Waals surface area contributed by atoms with E-state index in [1.165, 1.54) is 0 Å². The molecule has 5 heteroatoms. The summed E-state index contributed by atoms with van der Waals surface area (Å²) < 4.78 is 0.958. The van der Waals surface area contributed by atoms with Crippen molar-refractivity contribution < 1.29 is 9.59 Å². The van der Waals surface area contributed by atoms with Crippen LogP contribution in [-0.2, 0) is 16.1 Å². The maximum absolute atomic E-state index is 12.7. The number of piperazine rings is 1. The first-order chi connectivity index (χ1) is 9.95. The van der Waals surface area contributed by atoms with E-state index in [0.29, 0.717) is 13.0 Å². The molecule has 2 unspecified atom stereocenters. The Morgan fingerprint density at radius 3 is 2.52 bits per heavy atom. The van der Waals surface area contributed by atoms with Crippen LogP contribution in [0, 0.1) is 5.92 Å². The number of halogens is 1. The van der Waals surface area contributed by atoms with Gasteiger partial charge in [-0.05, 0) is 24.0 Å².